The van der Waals surface area contributed by atoms with Gasteiger partial charge in [-0.2, -0.15) is 0 Å². The van der Waals surface area contributed by atoms with Crippen LogP contribution in [0.1, 0.15) is 37.3 Å². The summed E-state index contributed by atoms with van der Waals surface area (Å²) in [5, 5.41) is 5.63. The molecule has 0 saturated carbocycles. The molecule has 130 valence electrons. The molecule has 2 aromatic carbocycles. The molecule has 0 fully saturated rings. The maximum Gasteiger partial charge on any atom is 0.242 e. The lowest BCUT2D eigenvalue weighted by Gasteiger charge is -2.28. The fraction of sp³-hybridized carbons (Fsp3) is 0.300. The van der Waals surface area contributed by atoms with Gasteiger partial charge >= 0.3 is 0 Å². The Balaban J connectivity index is 1.86. The first-order valence-corrected chi connectivity index (χ1v) is 8.55. The SMILES string of the molecule is CCCNC(=O)C(C)NC(=O)C1c2ccccc2Oc2ccccc21. The first-order valence-electron chi connectivity index (χ1n) is 8.55. The van der Waals surface area contributed by atoms with Gasteiger partial charge in [-0.1, -0.05) is 43.3 Å². The number of rotatable bonds is 5. The van der Waals surface area contributed by atoms with E-state index in [1.54, 1.807) is 6.92 Å². The molecule has 1 unspecified atom stereocenters. The summed E-state index contributed by atoms with van der Waals surface area (Å²) in [6.45, 7) is 4.28. The molecule has 1 atom stereocenters. The Morgan fingerprint density at radius 2 is 1.60 bits per heavy atom. The lowest BCUT2D eigenvalue weighted by Crippen LogP contribution is -2.46. The maximum atomic E-state index is 13.0. The minimum Gasteiger partial charge on any atom is -0.457 e. The quantitative estimate of drug-likeness (QED) is 0.881. The van der Waals surface area contributed by atoms with E-state index >= 15 is 0 Å². The van der Waals surface area contributed by atoms with Crippen LogP contribution in [0.15, 0.2) is 48.5 Å². The van der Waals surface area contributed by atoms with Gasteiger partial charge in [-0.25, -0.2) is 0 Å². The van der Waals surface area contributed by atoms with Crippen molar-refractivity contribution < 1.29 is 14.3 Å². The van der Waals surface area contributed by atoms with Crippen LogP contribution in [-0.4, -0.2) is 24.4 Å². The van der Waals surface area contributed by atoms with Gasteiger partial charge in [0, 0.05) is 17.7 Å². The average molecular weight is 338 g/mol. The second-order valence-corrected chi connectivity index (χ2v) is 6.13. The van der Waals surface area contributed by atoms with Crippen LogP contribution in [0.25, 0.3) is 0 Å². The maximum absolute atomic E-state index is 13.0. The molecular formula is C20H22N2O3. The summed E-state index contributed by atoms with van der Waals surface area (Å²) < 4.78 is 5.90. The molecule has 0 aliphatic carbocycles. The van der Waals surface area contributed by atoms with E-state index in [1.807, 2.05) is 55.5 Å². The smallest absolute Gasteiger partial charge is 0.242 e. The van der Waals surface area contributed by atoms with Gasteiger partial charge in [-0.05, 0) is 25.5 Å². The highest BCUT2D eigenvalue weighted by molar-refractivity contribution is 5.93. The number of carbonyl (C=O) groups is 2. The second kappa shape index (κ2) is 7.38. The van der Waals surface area contributed by atoms with E-state index in [1.165, 1.54) is 0 Å². The largest absolute Gasteiger partial charge is 0.457 e. The molecule has 2 aromatic rings. The zero-order valence-electron chi connectivity index (χ0n) is 14.4. The number of fused-ring (bicyclic) bond motifs is 2. The number of hydrogen-bond donors (Lipinski definition) is 2. The third-order valence-corrected chi connectivity index (χ3v) is 4.24. The van der Waals surface area contributed by atoms with Crippen LogP contribution in [0.5, 0.6) is 11.5 Å². The number of nitrogens with one attached hydrogen (secondary N) is 2. The van der Waals surface area contributed by atoms with Crippen molar-refractivity contribution in [3.8, 4) is 11.5 Å². The van der Waals surface area contributed by atoms with Crippen LogP contribution in [0, 0.1) is 0 Å². The zero-order chi connectivity index (χ0) is 17.8. The third-order valence-electron chi connectivity index (χ3n) is 4.24. The summed E-state index contributed by atoms with van der Waals surface area (Å²) in [5.41, 5.74) is 1.61. The predicted molar refractivity (Wildman–Crippen MR) is 95.7 cm³/mol. The Bertz CT molecular complexity index is 743. The molecule has 0 aromatic heterocycles. The van der Waals surface area contributed by atoms with Gasteiger partial charge in [0.2, 0.25) is 11.8 Å². The van der Waals surface area contributed by atoms with Crippen molar-refractivity contribution in [1.82, 2.24) is 10.6 Å². The monoisotopic (exact) mass is 338 g/mol. The van der Waals surface area contributed by atoms with Crippen LogP contribution >= 0.6 is 0 Å². The van der Waals surface area contributed by atoms with E-state index in [2.05, 4.69) is 10.6 Å². The Morgan fingerprint density at radius 3 is 2.16 bits per heavy atom. The number of hydrogen-bond acceptors (Lipinski definition) is 3. The van der Waals surface area contributed by atoms with Gasteiger partial charge in [0.05, 0.1) is 5.92 Å². The van der Waals surface area contributed by atoms with E-state index in [4.69, 9.17) is 4.74 Å². The summed E-state index contributed by atoms with van der Waals surface area (Å²) in [6, 6.07) is 14.4. The van der Waals surface area contributed by atoms with Crippen LogP contribution in [0.4, 0.5) is 0 Å². The number of carbonyl (C=O) groups excluding carboxylic acids is 2. The van der Waals surface area contributed by atoms with Crippen LogP contribution in [0.2, 0.25) is 0 Å². The number of para-hydroxylation sites is 2. The summed E-state index contributed by atoms with van der Waals surface area (Å²) in [4.78, 5) is 25.0. The highest BCUT2D eigenvalue weighted by Crippen LogP contribution is 2.43. The van der Waals surface area contributed by atoms with Crippen molar-refractivity contribution in [2.45, 2.75) is 32.2 Å². The molecule has 2 amide bonds. The van der Waals surface area contributed by atoms with Crippen LogP contribution in [-0.2, 0) is 9.59 Å². The number of ether oxygens (including phenoxy) is 1. The van der Waals surface area contributed by atoms with Gasteiger partial charge < -0.3 is 15.4 Å². The molecule has 0 saturated heterocycles. The second-order valence-electron chi connectivity index (χ2n) is 6.13. The van der Waals surface area contributed by atoms with Crippen molar-refractivity contribution >= 4 is 11.8 Å². The highest BCUT2D eigenvalue weighted by Gasteiger charge is 2.33. The fourth-order valence-electron chi connectivity index (χ4n) is 2.96. The summed E-state index contributed by atoms with van der Waals surface area (Å²) in [6.07, 6.45) is 0.854. The van der Waals surface area contributed by atoms with Gasteiger partial charge in [0.15, 0.2) is 0 Å². The van der Waals surface area contributed by atoms with Gasteiger partial charge in [0.25, 0.3) is 0 Å². The molecule has 3 rings (SSSR count). The van der Waals surface area contributed by atoms with Crippen molar-refractivity contribution in [3.63, 3.8) is 0 Å². The predicted octanol–water partition coefficient (Wildman–Crippen LogP) is 2.96. The normalized spacial score (nSPS) is 13.8. The third kappa shape index (κ3) is 3.50. The Hall–Kier alpha value is -2.82. The minimum absolute atomic E-state index is 0.177. The number of benzene rings is 2. The first kappa shape index (κ1) is 17.0. The van der Waals surface area contributed by atoms with Crippen LogP contribution < -0.4 is 15.4 Å². The molecule has 1 aliphatic rings. The van der Waals surface area contributed by atoms with E-state index in [0.29, 0.717) is 18.0 Å². The average Bonchev–Trinajstić information content (AvgIpc) is 2.63. The van der Waals surface area contributed by atoms with Crippen molar-refractivity contribution in [3.05, 3.63) is 59.7 Å². The Kier molecular flexibility index (Phi) is 5.03. The Morgan fingerprint density at radius 1 is 1.04 bits per heavy atom. The van der Waals surface area contributed by atoms with Gasteiger partial charge in [-0.3, -0.25) is 9.59 Å². The topological polar surface area (TPSA) is 67.4 Å². The van der Waals surface area contributed by atoms with E-state index in [0.717, 1.165) is 17.5 Å². The zero-order valence-corrected chi connectivity index (χ0v) is 14.4. The molecule has 1 aliphatic heterocycles. The van der Waals surface area contributed by atoms with E-state index in [9.17, 15) is 9.59 Å². The molecule has 2 N–H and O–H groups in total. The molecule has 5 heteroatoms. The fourth-order valence-corrected chi connectivity index (χ4v) is 2.96. The van der Waals surface area contributed by atoms with E-state index < -0.39 is 12.0 Å². The molecule has 0 bridgehead atoms. The van der Waals surface area contributed by atoms with E-state index in [-0.39, 0.29) is 11.8 Å². The summed E-state index contributed by atoms with van der Waals surface area (Å²) in [7, 11) is 0. The molecule has 25 heavy (non-hydrogen) atoms. The molecular weight excluding hydrogens is 316 g/mol. The molecule has 0 spiro atoms. The van der Waals surface area contributed by atoms with Crippen molar-refractivity contribution in [2.75, 3.05) is 6.54 Å². The lowest BCUT2D eigenvalue weighted by molar-refractivity contribution is -0.128. The number of amides is 2. The highest BCUT2D eigenvalue weighted by atomic mass is 16.5. The Labute approximate surface area is 147 Å². The van der Waals surface area contributed by atoms with Gasteiger partial charge in [0.1, 0.15) is 17.5 Å². The minimum atomic E-state index is -0.596. The standard InChI is InChI=1S/C20H22N2O3/c1-3-12-21-19(23)13(2)22-20(24)18-14-8-4-6-10-16(14)25-17-11-7-5-9-15(17)18/h4-11,13,18H,3,12H2,1-2H3,(H,21,23)(H,22,24). The summed E-state index contributed by atoms with van der Waals surface area (Å²) >= 11 is 0. The lowest BCUT2D eigenvalue weighted by atomic mass is 9.87. The first-order chi connectivity index (χ1) is 12.1. The summed E-state index contributed by atoms with van der Waals surface area (Å²) in [5.74, 6) is 0.461. The van der Waals surface area contributed by atoms with Crippen molar-refractivity contribution in [2.24, 2.45) is 0 Å². The molecule has 1 heterocycles. The molecule has 0 radical (unpaired) electrons. The molecule has 5 nitrogen and oxygen atoms in total. The van der Waals surface area contributed by atoms with Crippen molar-refractivity contribution in [1.29, 1.82) is 0 Å². The van der Waals surface area contributed by atoms with Gasteiger partial charge in [-0.15, -0.1) is 0 Å². The van der Waals surface area contributed by atoms with Crippen LogP contribution in [0.3, 0.4) is 0 Å².